The summed E-state index contributed by atoms with van der Waals surface area (Å²) >= 11 is 0. The van der Waals surface area contributed by atoms with Crippen molar-refractivity contribution in [2.75, 3.05) is 0 Å². The van der Waals surface area contributed by atoms with Gasteiger partial charge in [-0.05, 0) is 63.9 Å². The summed E-state index contributed by atoms with van der Waals surface area (Å²) in [5.74, 6) is -0.382. The van der Waals surface area contributed by atoms with E-state index in [2.05, 4.69) is 73.8 Å². The Hall–Kier alpha value is -3.40. The first-order chi connectivity index (χ1) is 18.6. The number of amides is 2. The molecular weight excluding hydrogens is 470 g/mol. The third-order valence-electron chi connectivity index (χ3n) is 6.49. The first kappa shape index (κ1) is 30.8. The number of hydrogen-bond donors (Lipinski definition) is 0. The van der Waals surface area contributed by atoms with Crippen molar-refractivity contribution in [3.05, 3.63) is 109 Å². The number of hydrogen-bond acceptors (Lipinski definition) is 3. The molecule has 1 heterocycles. The van der Waals surface area contributed by atoms with Crippen molar-refractivity contribution in [1.29, 1.82) is 0 Å². The van der Waals surface area contributed by atoms with Gasteiger partial charge in [-0.15, -0.1) is 0 Å². The Morgan fingerprint density at radius 1 is 0.789 bits per heavy atom. The van der Waals surface area contributed by atoms with Crippen LogP contribution < -0.4 is 0 Å². The zero-order chi connectivity index (χ0) is 27.4. The van der Waals surface area contributed by atoms with Gasteiger partial charge in [-0.2, -0.15) is 0 Å². The summed E-state index contributed by atoms with van der Waals surface area (Å²) in [4.78, 5) is 27.0. The van der Waals surface area contributed by atoms with Gasteiger partial charge >= 0.3 is 6.09 Å². The normalized spacial score (nSPS) is 19.3. The zero-order valence-electron chi connectivity index (χ0n) is 23.4. The maximum Gasteiger partial charge on any atom is 0.417 e. The largest absolute Gasteiger partial charge is 0.439 e. The summed E-state index contributed by atoms with van der Waals surface area (Å²) < 4.78 is 5.56. The minimum absolute atomic E-state index is 0.150. The van der Waals surface area contributed by atoms with Crippen molar-refractivity contribution in [3.63, 3.8) is 0 Å². The van der Waals surface area contributed by atoms with Crippen molar-refractivity contribution in [1.82, 2.24) is 4.90 Å². The number of rotatable bonds is 16. The van der Waals surface area contributed by atoms with E-state index in [0.717, 1.165) is 44.1 Å². The molecule has 204 valence electrons. The summed E-state index contributed by atoms with van der Waals surface area (Å²) in [7, 11) is 0. The Morgan fingerprint density at radius 2 is 1.26 bits per heavy atom. The van der Waals surface area contributed by atoms with Crippen molar-refractivity contribution < 1.29 is 14.3 Å². The van der Waals surface area contributed by atoms with E-state index in [1.165, 1.54) is 4.90 Å². The number of benzene rings is 1. The van der Waals surface area contributed by atoms with Gasteiger partial charge in [0.1, 0.15) is 6.10 Å². The molecule has 0 aromatic heterocycles. The molecular formula is C34H45NO3. The van der Waals surface area contributed by atoms with Gasteiger partial charge in [-0.1, -0.05) is 117 Å². The van der Waals surface area contributed by atoms with Gasteiger partial charge in [0.25, 0.3) is 0 Å². The molecule has 0 radical (unpaired) electrons. The summed E-state index contributed by atoms with van der Waals surface area (Å²) in [6.07, 6.45) is 32.1. The highest BCUT2D eigenvalue weighted by molar-refractivity contribution is 5.95. The van der Waals surface area contributed by atoms with Gasteiger partial charge in [-0.3, -0.25) is 4.79 Å². The molecule has 1 aliphatic rings. The molecule has 1 saturated heterocycles. The Balaban J connectivity index is 1.66. The molecule has 0 aliphatic carbocycles. The highest BCUT2D eigenvalue weighted by atomic mass is 16.6. The second kappa shape index (κ2) is 18.8. The van der Waals surface area contributed by atoms with E-state index in [1.807, 2.05) is 50.3 Å². The Labute approximate surface area is 230 Å². The lowest BCUT2D eigenvalue weighted by Crippen LogP contribution is -2.41. The molecule has 2 amide bonds. The van der Waals surface area contributed by atoms with Crippen molar-refractivity contribution in [2.24, 2.45) is 5.92 Å². The number of imide groups is 1. The average molecular weight is 516 g/mol. The van der Waals surface area contributed by atoms with E-state index in [1.54, 1.807) is 0 Å². The molecule has 0 bridgehead atoms. The third-order valence-corrected chi connectivity index (χ3v) is 6.49. The SMILES string of the molecule is CCC=CCC=CCC=CCC=CCC=CCC=CC[C@@H](CC)C(=O)N1C(=O)O[C@@H](c2ccccc2)[C@H]1C. The summed E-state index contributed by atoms with van der Waals surface area (Å²) in [6, 6.07) is 9.28. The highest BCUT2D eigenvalue weighted by Gasteiger charge is 2.44. The Bertz CT molecular complexity index is 1000. The number of carbonyl (C=O) groups excluding carboxylic acids is 2. The summed E-state index contributed by atoms with van der Waals surface area (Å²) in [5.41, 5.74) is 0.911. The molecule has 0 unspecified atom stereocenters. The van der Waals surface area contributed by atoms with Crippen LogP contribution in [-0.2, 0) is 9.53 Å². The first-order valence-electron chi connectivity index (χ1n) is 14.1. The maximum absolute atomic E-state index is 13.1. The molecule has 0 saturated carbocycles. The van der Waals surface area contributed by atoms with Crippen LogP contribution in [0, 0.1) is 5.92 Å². The molecule has 4 heteroatoms. The van der Waals surface area contributed by atoms with Crippen LogP contribution in [0.2, 0.25) is 0 Å². The molecule has 0 N–H and O–H groups in total. The van der Waals surface area contributed by atoms with E-state index >= 15 is 0 Å². The molecule has 1 aliphatic heterocycles. The summed E-state index contributed by atoms with van der Waals surface area (Å²) in [6.45, 7) is 6.02. The summed E-state index contributed by atoms with van der Waals surface area (Å²) in [5, 5.41) is 0. The fraction of sp³-hybridized carbons (Fsp3) is 0.412. The molecule has 38 heavy (non-hydrogen) atoms. The Kier molecular flexibility index (Phi) is 15.2. The predicted octanol–water partition coefficient (Wildman–Crippen LogP) is 9.21. The molecule has 4 nitrogen and oxygen atoms in total. The van der Waals surface area contributed by atoms with Crippen molar-refractivity contribution in [3.8, 4) is 0 Å². The smallest absolute Gasteiger partial charge is 0.417 e. The van der Waals surface area contributed by atoms with Gasteiger partial charge < -0.3 is 4.74 Å². The third kappa shape index (κ3) is 10.9. The number of carbonyl (C=O) groups is 2. The van der Waals surface area contributed by atoms with Crippen LogP contribution >= 0.6 is 0 Å². The van der Waals surface area contributed by atoms with Crippen molar-refractivity contribution in [2.45, 2.75) is 84.3 Å². The number of ether oxygens (including phenoxy) is 1. The average Bonchev–Trinajstić information content (AvgIpc) is 3.23. The van der Waals surface area contributed by atoms with E-state index < -0.39 is 12.2 Å². The topological polar surface area (TPSA) is 46.6 Å². The van der Waals surface area contributed by atoms with Crippen LogP contribution in [0.25, 0.3) is 0 Å². The van der Waals surface area contributed by atoms with Gasteiger partial charge in [0.2, 0.25) is 5.91 Å². The molecule has 1 fully saturated rings. The fourth-order valence-electron chi connectivity index (χ4n) is 4.27. The Morgan fingerprint density at radius 3 is 1.74 bits per heavy atom. The standard InChI is InChI=1S/C34H45NO3/c1-4-6-7-8-9-10-11-12-13-14-15-16-17-18-19-20-21-23-26-30(5-2)33(36)35-29(3)32(38-34(35)37)31-27-24-22-25-28-31/h6-7,9-10,12-13,15-16,18-19,21-25,27-30,32H,4-5,8,11,14,17,20,26H2,1-3H3/t29-,30-,32-/m1/s1. The van der Waals surface area contributed by atoms with Crippen LogP contribution in [0.1, 0.15) is 83.8 Å². The monoisotopic (exact) mass is 515 g/mol. The maximum atomic E-state index is 13.1. The van der Waals surface area contributed by atoms with E-state index in [9.17, 15) is 9.59 Å². The molecule has 1 aromatic rings. The van der Waals surface area contributed by atoms with E-state index in [0.29, 0.717) is 12.8 Å². The molecule has 3 atom stereocenters. The van der Waals surface area contributed by atoms with E-state index in [4.69, 9.17) is 4.74 Å². The second-order valence-corrected chi connectivity index (χ2v) is 9.42. The fourth-order valence-corrected chi connectivity index (χ4v) is 4.27. The quantitative estimate of drug-likeness (QED) is 0.206. The number of allylic oxidation sites excluding steroid dienone is 12. The molecule has 0 spiro atoms. The van der Waals surface area contributed by atoms with Gasteiger partial charge in [-0.25, -0.2) is 9.69 Å². The second-order valence-electron chi connectivity index (χ2n) is 9.42. The highest BCUT2D eigenvalue weighted by Crippen LogP contribution is 2.34. The molecule has 2 rings (SSSR count). The van der Waals surface area contributed by atoms with Crippen LogP contribution in [0.15, 0.2) is 103 Å². The van der Waals surface area contributed by atoms with E-state index in [-0.39, 0.29) is 17.9 Å². The zero-order valence-corrected chi connectivity index (χ0v) is 23.4. The lowest BCUT2D eigenvalue weighted by molar-refractivity contribution is -0.133. The minimum atomic E-state index is -0.544. The lowest BCUT2D eigenvalue weighted by atomic mass is 9.98. The number of nitrogens with zero attached hydrogens (tertiary/aromatic N) is 1. The molecule has 1 aromatic carbocycles. The van der Waals surface area contributed by atoms with Crippen molar-refractivity contribution >= 4 is 12.0 Å². The van der Waals surface area contributed by atoms with Gasteiger partial charge in [0.05, 0.1) is 6.04 Å². The lowest BCUT2D eigenvalue weighted by Gasteiger charge is -2.23. The van der Waals surface area contributed by atoms with Crippen LogP contribution in [0.3, 0.4) is 0 Å². The van der Waals surface area contributed by atoms with Gasteiger partial charge in [0.15, 0.2) is 0 Å². The van der Waals surface area contributed by atoms with Crippen LogP contribution in [0.5, 0.6) is 0 Å². The van der Waals surface area contributed by atoms with Crippen LogP contribution in [0.4, 0.5) is 4.79 Å². The van der Waals surface area contributed by atoms with Crippen LogP contribution in [-0.4, -0.2) is 22.9 Å². The number of cyclic esters (lactones) is 1. The minimum Gasteiger partial charge on any atom is -0.439 e. The predicted molar refractivity (Wildman–Crippen MR) is 159 cm³/mol. The van der Waals surface area contributed by atoms with Gasteiger partial charge in [0, 0.05) is 5.92 Å². The first-order valence-corrected chi connectivity index (χ1v) is 14.1.